The molecule has 0 aliphatic heterocycles. The third-order valence-electron chi connectivity index (χ3n) is 2.32. The molecule has 1 aromatic rings. The van der Waals surface area contributed by atoms with Crippen LogP contribution in [0.4, 0.5) is 0 Å². The van der Waals surface area contributed by atoms with Gasteiger partial charge in [-0.15, -0.1) is 12.3 Å². The Morgan fingerprint density at radius 1 is 1.40 bits per heavy atom. The van der Waals surface area contributed by atoms with Crippen LogP contribution in [0.1, 0.15) is 31.4 Å². The number of rotatable bonds is 5. The van der Waals surface area contributed by atoms with E-state index in [0.29, 0.717) is 6.04 Å². The summed E-state index contributed by atoms with van der Waals surface area (Å²) in [6.07, 6.45) is 7.04. The highest BCUT2D eigenvalue weighted by atomic mass is 35.5. The Balaban J connectivity index is 2.37. The molecule has 0 aliphatic carbocycles. The summed E-state index contributed by atoms with van der Waals surface area (Å²) in [7, 11) is 0. The number of halogens is 1. The zero-order valence-corrected chi connectivity index (χ0v) is 9.72. The Bertz CT molecular complexity index is 323. The Hall–Kier alpha value is -0.970. The highest BCUT2D eigenvalue weighted by Crippen LogP contribution is 2.15. The molecule has 1 atom stereocenters. The third-order valence-corrected chi connectivity index (χ3v) is 2.57. The van der Waals surface area contributed by atoms with E-state index in [0.717, 1.165) is 24.4 Å². The molecule has 0 amide bonds. The molecule has 1 N–H and O–H groups in total. The van der Waals surface area contributed by atoms with Gasteiger partial charge in [0.2, 0.25) is 0 Å². The first-order chi connectivity index (χ1) is 7.24. The minimum atomic E-state index is 0.347. The average molecular weight is 222 g/mol. The van der Waals surface area contributed by atoms with Crippen LogP contribution in [0.2, 0.25) is 5.02 Å². The summed E-state index contributed by atoms with van der Waals surface area (Å²) in [5.74, 6) is 2.63. The molecule has 0 heterocycles. The maximum Gasteiger partial charge on any atom is 0.0406 e. The lowest BCUT2D eigenvalue weighted by atomic mass is 10.1. The van der Waals surface area contributed by atoms with Crippen molar-refractivity contribution in [2.24, 2.45) is 0 Å². The second kappa shape index (κ2) is 6.50. The van der Waals surface area contributed by atoms with E-state index in [9.17, 15) is 0 Å². The summed E-state index contributed by atoms with van der Waals surface area (Å²) < 4.78 is 0. The van der Waals surface area contributed by atoms with Crippen LogP contribution in [0, 0.1) is 12.3 Å². The van der Waals surface area contributed by atoms with Gasteiger partial charge in [0, 0.05) is 17.5 Å². The van der Waals surface area contributed by atoms with E-state index in [-0.39, 0.29) is 0 Å². The van der Waals surface area contributed by atoms with Crippen molar-refractivity contribution in [3.8, 4) is 12.3 Å². The quantitative estimate of drug-likeness (QED) is 0.594. The maximum atomic E-state index is 5.82. The van der Waals surface area contributed by atoms with Crippen LogP contribution < -0.4 is 5.32 Å². The largest absolute Gasteiger partial charge is 0.310 e. The van der Waals surface area contributed by atoms with Crippen LogP contribution in [0.3, 0.4) is 0 Å². The van der Waals surface area contributed by atoms with E-state index in [1.165, 1.54) is 5.56 Å². The van der Waals surface area contributed by atoms with Crippen molar-refractivity contribution < 1.29 is 0 Å². The van der Waals surface area contributed by atoms with Crippen molar-refractivity contribution in [1.29, 1.82) is 0 Å². The van der Waals surface area contributed by atoms with Crippen molar-refractivity contribution in [1.82, 2.24) is 5.32 Å². The molecule has 80 valence electrons. The summed E-state index contributed by atoms with van der Waals surface area (Å²) >= 11 is 5.82. The fraction of sp³-hybridized carbons (Fsp3) is 0.385. The van der Waals surface area contributed by atoms with Crippen molar-refractivity contribution in [2.75, 3.05) is 6.54 Å². The molecule has 15 heavy (non-hydrogen) atoms. The lowest BCUT2D eigenvalue weighted by Crippen LogP contribution is -2.19. The lowest BCUT2D eigenvalue weighted by molar-refractivity contribution is 0.563. The van der Waals surface area contributed by atoms with Crippen LogP contribution in [-0.2, 0) is 0 Å². The highest BCUT2D eigenvalue weighted by molar-refractivity contribution is 6.30. The van der Waals surface area contributed by atoms with Gasteiger partial charge in [-0.1, -0.05) is 23.7 Å². The number of nitrogens with one attached hydrogen (secondary N) is 1. The molecule has 1 rings (SSSR count). The fourth-order valence-corrected chi connectivity index (χ4v) is 1.50. The van der Waals surface area contributed by atoms with Gasteiger partial charge < -0.3 is 5.32 Å². The van der Waals surface area contributed by atoms with Gasteiger partial charge in [0.1, 0.15) is 0 Å². The lowest BCUT2D eigenvalue weighted by Gasteiger charge is -2.13. The first kappa shape index (κ1) is 12.1. The minimum Gasteiger partial charge on any atom is -0.310 e. The molecule has 0 fully saturated rings. The molecule has 0 radical (unpaired) electrons. The Morgan fingerprint density at radius 3 is 2.67 bits per heavy atom. The molecular formula is C13H16ClN. The molecule has 0 saturated carbocycles. The van der Waals surface area contributed by atoms with E-state index in [1.807, 2.05) is 24.3 Å². The zero-order chi connectivity index (χ0) is 11.1. The normalized spacial score (nSPS) is 12.1. The van der Waals surface area contributed by atoms with Gasteiger partial charge in [0.25, 0.3) is 0 Å². The molecular weight excluding hydrogens is 206 g/mol. The third kappa shape index (κ3) is 4.38. The molecule has 0 unspecified atom stereocenters. The molecule has 0 aliphatic rings. The number of unbranched alkanes of at least 4 members (excludes halogenated alkanes) is 1. The SMILES string of the molecule is C#CCCCN[C@@H](C)c1ccc(Cl)cc1. The Morgan fingerprint density at radius 2 is 2.07 bits per heavy atom. The molecule has 2 heteroatoms. The van der Waals surface area contributed by atoms with E-state index in [1.54, 1.807) is 0 Å². The second-order valence-corrected chi connectivity index (χ2v) is 3.97. The van der Waals surface area contributed by atoms with Gasteiger partial charge in [-0.3, -0.25) is 0 Å². The van der Waals surface area contributed by atoms with Gasteiger partial charge in [-0.25, -0.2) is 0 Å². The van der Waals surface area contributed by atoms with Gasteiger partial charge in [0.05, 0.1) is 0 Å². The van der Waals surface area contributed by atoms with E-state index >= 15 is 0 Å². The van der Waals surface area contributed by atoms with Crippen molar-refractivity contribution >= 4 is 11.6 Å². The van der Waals surface area contributed by atoms with Crippen LogP contribution in [0.5, 0.6) is 0 Å². The average Bonchev–Trinajstić information content (AvgIpc) is 2.25. The first-order valence-electron chi connectivity index (χ1n) is 5.16. The fourth-order valence-electron chi connectivity index (χ4n) is 1.38. The predicted octanol–water partition coefficient (Wildman–Crippen LogP) is 3.40. The summed E-state index contributed by atoms with van der Waals surface area (Å²) in [5, 5.41) is 4.19. The van der Waals surface area contributed by atoms with Crippen LogP contribution in [0.15, 0.2) is 24.3 Å². The predicted molar refractivity (Wildman–Crippen MR) is 65.9 cm³/mol. The number of hydrogen-bond donors (Lipinski definition) is 1. The number of terminal acetylenes is 1. The molecule has 0 bridgehead atoms. The van der Waals surface area contributed by atoms with Crippen molar-refractivity contribution in [2.45, 2.75) is 25.8 Å². The van der Waals surface area contributed by atoms with Gasteiger partial charge >= 0.3 is 0 Å². The van der Waals surface area contributed by atoms with Gasteiger partial charge in [-0.2, -0.15) is 0 Å². The van der Waals surface area contributed by atoms with Crippen molar-refractivity contribution in [3.05, 3.63) is 34.9 Å². The Kier molecular flexibility index (Phi) is 5.25. The second-order valence-electron chi connectivity index (χ2n) is 3.54. The maximum absolute atomic E-state index is 5.82. The molecule has 0 aromatic heterocycles. The van der Waals surface area contributed by atoms with Crippen LogP contribution in [-0.4, -0.2) is 6.54 Å². The monoisotopic (exact) mass is 221 g/mol. The number of benzene rings is 1. The summed E-state index contributed by atoms with van der Waals surface area (Å²) in [6.45, 7) is 3.09. The topological polar surface area (TPSA) is 12.0 Å². The van der Waals surface area contributed by atoms with E-state index in [4.69, 9.17) is 18.0 Å². The smallest absolute Gasteiger partial charge is 0.0406 e. The number of hydrogen-bond acceptors (Lipinski definition) is 1. The van der Waals surface area contributed by atoms with E-state index in [2.05, 4.69) is 18.2 Å². The summed E-state index contributed by atoms with van der Waals surface area (Å²) in [6, 6.07) is 8.26. The zero-order valence-electron chi connectivity index (χ0n) is 8.96. The van der Waals surface area contributed by atoms with Crippen LogP contribution in [0.25, 0.3) is 0 Å². The molecule has 0 spiro atoms. The summed E-state index contributed by atoms with van der Waals surface area (Å²) in [4.78, 5) is 0. The van der Waals surface area contributed by atoms with Gasteiger partial charge in [0.15, 0.2) is 0 Å². The Labute approximate surface area is 96.8 Å². The molecule has 1 nitrogen and oxygen atoms in total. The van der Waals surface area contributed by atoms with Crippen LogP contribution >= 0.6 is 11.6 Å². The molecule has 0 saturated heterocycles. The van der Waals surface area contributed by atoms with Crippen molar-refractivity contribution in [3.63, 3.8) is 0 Å². The standard InChI is InChI=1S/C13H16ClN/c1-3-4-5-10-15-11(2)12-6-8-13(14)9-7-12/h1,6-9,11,15H,4-5,10H2,2H3/t11-/m0/s1. The highest BCUT2D eigenvalue weighted by Gasteiger charge is 2.03. The van der Waals surface area contributed by atoms with Gasteiger partial charge in [-0.05, 0) is 37.6 Å². The molecule has 1 aromatic carbocycles. The first-order valence-corrected chi connectivity index (χ1v) is 5.54. The van der Waals surface area contributed by atoms with E-state index < -0.39 is 0 Å². The minimum absolute atomic E-state index is 0.347. The summed E-state index contributed by atoms with van der Waals surface area (Å²) in [5.41, 5.74) is 1.25.